The van der Waals surface area contributed by atoms with Crippen molar-refractivity contribution < 1.29 is 19.0 Å². The zero-order chi connectivity index (χ0) is 18.4. The van der Waals surface area contributed by atoms with Gasteiger partial charge in [0, 0.05) is 44.8 Å². The summed E-state index contributed by atoms with van der Waals surface area (Å²) in [4.78, 5) is 12.3. The summed E-state index contributed by atoms with van der Waals surface area (Å²) in [5.74, 6) is 0.0758. The van der Waals surface area contributed by atoms with Gasteiger partial charge in [-0.15, -0.1) is 0 Å². The average molecular weight is 358 g/mol. The highest BCUT2D eigenvalue weighted by Crippen LogP contribution is 2.19. The van der Waals surface area contributed by atoms with E-state index in [1.54, 1.807) is 14.2 Å². The van der Waals surface area contributed by atoms with Crippen molar-refractivity contribution in [3.63, 3.8) is 0 Å². The largest absolute Gasteiger partial charge is 0.378 e. The van der Waals surface area contributed by atoms with Crippen molar-refractivity contribution in [1.82, 2.24) is 9.88 Å². The van der Waals surface area contributed by atoms with Crippen molar-refractivity contribution in [3.05, 3.63) is 54.4 Å². The number of carbonyl (C=O) groups excluding carboxylic acids is 1. The highest BCUT2D eigenvalue weighted by atomic mass is 16.6. The molecule has 140 valence electrons. The minimum Gasteiger partial charge on any atom is -0.378 e. The number of nitrogens with one attached hydrogen (secondary N) is 1. The molecule has 1 N–H and O–H groups in total. The third-order valence-electron chi connectivity index (χ3n) is 4.79. The van der Waals surface area contributed by atoms with Gasteiger partial charge in [-0.3, -0.25) is 4.79 Å². The van der Waals surface area contributed by atoms with Gasteiger partial charge in [-0.05, 0) is 29.8 Å². The lowest BCUT2D eigenvalue weighted by atomic mass is 9.96. The van der Waals surface area contributed by atoms with E-state index in [0.29, 0.717) is 26.2 Å². The number of hydrogen-bond donors (Lipinski definition) is 1. The van der Waals surface area contributed by atoms with Crippen molar-refractivity contribution in [2.45, 2.75) is 18.6 Å². The molecule has 1 saturated heterocycles. The number of aromatic nitrogens is 1. The standard InChI is InChI=1S/C20H26N2O4/c1-24-18-14-26-13-16(20(18)25-2)12-21-19(23)11-15-5-7-17(8-6-15)22-9-3-4-10-22/h3-10,16,18,20H,11-14H2,1-2H3,(H,21,23)/t16-,18-,20+/m1/s1. The molecule has 2 aromatic rings. The monoisotopic (exact) mass is 358 g/mol. The number of rotatable bonds is 7. The van der Waals surface area contributed by atoms with E-state index >= 15 is 0 Å². The third-order valence-corrected chi connectivity index (χ3v) is 4.79. The number of ether oxygens (including phenoxy) is 3. The topological polar surface area (TPSA) is 61.7 Å². The van der Waals surface area contributed by atoms with E-state index < -0.39 is 0 Å². The smallest absolute Gasteiger partial charge is 0.224 e. The minimum atomic E-state index is -0.100. The van der Waals surface area contributed by atoms with Crippen LogP contribution in [0, 0.1) is 5.92 Å². The molecule has 0 aliphatic carbocycles. The first kappa shape index (κ1) is 18.6. The summed E-state index contributed by atoms with van der Waals surface area (Å²) in [5, 5.41) is 2.99. The molecule has 0 unspecified atom stereocenters. The van der Waals surface area contributed by atoms with Gasteiger partial charge in [0.2, 0.25) is 5.91 Å². The second kappa shape index (κ2) is 8.98. The summed E-state index contributed by atoms with van der Waals surface area (Å²) in [6, 6.07) is 12.0. The number of benzene rings is 1. The molecule has 1 aliphatic heterocycles. The third kappa shape index (κ3) is 4.52. The van der Waals surface area contributed by atoms with Crippen molar-refractivity contribution in [2.24, 2.45) is 5.92 Å². The van der Waals surface area contributed by atoms with Crippen LogP contribution in [0.4, 0.5) is 0 Å². The maximum atomic E-state index is 12.3. The molecule has 0 radical (unpaired) electrons. The number of nitrogens with zero attached hydrogens (tertiary/aromatic N) is 1. The van der Waals surface area contributed by atoms with E-state index in [0.717, 1.165) is 11.3 Å². The first-order valence-corrected chi connectivity index (χ1v) is 8.83. The van der Waals surface area contributed by atoms with Gasteiger partial charge < -0.3 is 24.1 Å². The molecule has 1 aliphatic rings. The second-order valence-electron chi connectivity index (χ2n) is 6.51. The molecule has 6 nitrogen and oxygen atoms in total. The van der Waals surface area contributed by atoms with Crippen LogP contribution in [0.25, 0.3) is 5.69 Å². The maximum absolute atomic E-state index is 12.3. The van der Waals surface area contributed by atoms with Crippen LogP contribution in [0.15, 0.2) is 48.8 Å². The first-order chi connectivity index (χ1) is 12.7. The molecular formula is C20H26N2O4. The molecular weight excluding hydrogens is 332 g/mol. The fraction of sp³-hybridized carbons (Fsp3) is 0.450. The Bertz CT molecular complexity index is 684. The molecule has 26 heavy (non-hydrogen) atoms. The van der Waals surface area contributed by atoms with Crippen molar-refractivity contribution >= 4 is 5.91 Å². The lowest BCUT2D eigenvalue weighted by molar-refractivity contribution is -0.147. The predicted octanol–water partition coefficient (Wildman–Crippen LogP) is 1.81. The van der Waals surface area contributed by atoms with Crippen LogP contribution in [-0.4, -0.2) is 56.7 Å². The molecule has 1 fully saturated rings. The van der Waals surface area contributed by atoms with E-state index in [2.05, 4.69) is 5.32 Å². The van der Waals surface area contributed by atoms with Crippen molar-refractivity contribution in [2.75, 3.05) is 34.0 Å². The summed E-state index contributed by atoms with van der Waals surface area (Å²) in [7, 11) is 3.32. The summed E-state index contributed by atoms with van der Waals surface area (Å²) >= 11 is 0. The van der Waals surface area contributed by atoms with Crippen LogP contribution in [0.1, 0.15) is 5.56 Å². The average Bonchev–Trinajstić information content (AvgIpc) is 3.21. The summed E-state index contributed by atoms with van der Waals surface area (Å²) < 4.78 is 18.5. The Morgan fingerprint density at radius 3 is 2.54 bits per heavy atom. The number of amides is 1. The minimum absolute atomic E-state index is 0.00638. The fourth-order valence-corrected chi connectivity index (χ4v) is 3.34. The molecule has 0 bridgehead atoms. The van der Waals surface area contributed by atoms with Crippen molar-refractivity contribution in [3.8, 4) is 5.69 Å². The Hall–Kier alpha value is -2.15. The highest BCUT2D eigenvalue weighted by molar-refractivity contribution is 5.78. The molecule has 2 heterocycles. The summed E-state index contributed by atoms with van der Waals surface area (Å²) in [5.41, 5.74) is 2.06. The summed E-state index contributed by atoms with van der Waals surface area (Å²) in [6.45, 7) is 1.59. The van der Waals surface area contributed by atoms with E-state index in [1.165, 1.54) is 0 Å². The second-order valence-corrected chi connectivity index (χ2v) is 6.51. The Labute approximate surface area is 154 Å². The van der Waals surface area contributed by atoms with E-state index in [4.69, 9.17) is 14.2 Å². The zero-order valence-electron chi connectivity index (χ0n) is 15.3. The molecule has 1 aromatic carbocycles. The molecule has 0 spiro atoms. The van der Waals surface area contributed by atoms with Crippen LogP contribution < -0.4 is 5.32 Å². The van der Waals surface area contributed by atoms with E-state index in [-0.39, 0.29) is 24.0 Å². The fourth-order valence-electron chi connectivity index (χ4n) is 3.34. The van der Waals surface area contributed by atoms with Crippen molar-refractivity contribution in [1.29, 1.82) is 0 Å². The Morgan fingerprint density at radius 2 is 1.88 bits per heavy atom. The van der Waals surface area contributed by atoms with Gasteiger partial charge in [-0.1, -0.05) is 12.1 Å². The van der Waals surface area contributed by atoms with Gasteiger partial charge in [0.15, 0.2) is 0 Å². The molecule has 0 saturated carbocycles. The van der Waals surface area contributed by atoms with Crippen LogP contribution in [0.5, 0.6) is 0 Å². The number of carbonyl (C=O) groups is 1. The van der Waals surface area contributed by atoms with Crippen LogP contribution in [0.3, 0.4) is 0 Å². The van der Waals surface area contributed by atoms with Gasteiger partial charge >= 0.3 is 0 Å². The Morgan fingerprint density at radius 1 is 1.15 bits per heavy atom. The molecule has 1 amide bonds. The lowest BCUT2D eigenvalue weighted by Crippen LogP contribution is -2.50. The molecule has 6 heteroatoms. The van der Waals surface area contributed by atoms with Gasteiger partial charge in [0.25, 0.3) is 0 Å². The SMILES string of the molecule is CO[C@H]1[C@H](CNC(=O)Cc2ccc(-n3cccc3)cc2)COC[C@H]1OC. The highest BCUT2D eigenvalue weighted by Gasteiger charge is 2.34. The van der Waals surface area contributed by atoms with Crippen LogP contribution in [0.2, 0.25) is 0 Å². The first-order valence-electron chi connectivity index (χ1n) is 8.83. The van der Waals surface area contributed by atoms with Gasteiger partial charge in [0.05, 0.1) is 25.7 Å². The Kier molecular flexibility index (Phi) is 6.44. The normalized spacial score (nSPS) is 22.9. The molecule has 1 aromatic heterocycles. The maximum Gasteiger partial charge on any atom is 0.224 e. The Balaban J connectivity index is 1.51. The van der Waals surface area contributed by atoms with Crippen LogP contribution >= 0.6 is 0 Å². The van der Waals surface area contributed by atoms with Gasteiger partial charge in [-0.2, -0.15) is 0 Å². The van der Waals surface area contributed by atoms with Gasteiger partial charge in [0.1, 0.15) is 6.10 Å². The molecule has 3 atom stereocenters. The zero-order valence-corrected chi connectivity index (χ0v) is 15.3. The van der Waals surface area contributed by atoms with Crippen LogP contribution in [-0.2, 0) is 25.4 Å². The van der Waals surface area contributed by atoms with E-state index in [9.17, 15) is 4.79 Å². The lowest BCUT2D eigenvalue weighted by Gasteiger charge is -2.36. The predicted molar refractivity (Wildman–Crippen MR) is 98.4 cm³/mol. The summed E-state index contributed by atoms with van der Waals surface area (Å²) in [6.07, 6.45) is 4.16. The van der Waals surface area contributed by atoms with Gasteiger partial charge in [-0.25, -0.2) is 0 Å². The molecule has 3 rings (SSSR count). The number of methoxy groups -OCH3 is 2. The quantitative estimate of drug-likeness (QED) is 0.820. The van der Waals surface area contributed by atoms with E-state index in [1.807, 2.05) is 53.4 Å². The number of hydrogen-bond acceptors (Lipinski definition) is 4.